The number of benzene rings is 2. The van der Waals surface area contributed by atoms with Gasteiger partial charge in [0.25, 0.3) is 0 Å². The predicted molar refractivity (Wildman–Crippen MR) is 93.3 cm³/mol. The normalized spacial score (nSPS) is 11.0. The van der Waals surface area contributed by atoms with Crippen LogP contribution in [0.2, 0.25) is 0 Å². The number of imidazole rings is 1. The third-order valence-corrected chi connectivity index (χ3v) is 3.93. The zero-order valence-electron chi connectivity index (χ0n) is 13.4. The Morgan fingerprint density at radius 1 is 1.08 bits per heavy atom. The summed E-state index contributed by atoms with van der Waals surface area (Å²) in [6.07, 6.45) is 1.28. The third-order valence-electron chi connectivity index (χ3n) is 3.93. The Morgan fingerprint density at radius 2 is 1.88 bits per heavy atom. The van der Waals surface area contributed by atoms with Gasteiger partial charge in [-0.3, -0.25) is 4.57 Å². The lowest BCUT2D eigenvalue weighted by Gasteiger charge is -2.08. The third kappa shape index (κ3) is 2.92. The first-order valence-corrected chi connectivity index (χ1v) is 7.81. The fourth-order valence-electron chi connectivity index (χ4n) is 2.69. The Hall–Kier alpha value is -3.55. The summed E-state index contributed by atoms with van der Waals surface area (Å²) in [4.78, 5) is 23.3. The van der Waals surface area contributed by atoms with E-state index in [1.165, 1.54) is 17.0 Å². The number of rotatable bonds is 4. The molecule has 0 fully saturated rings. The van der Waals surface area contributed by atoms with E-state index in [0.717, 1.165) is 17.7 Å². The van der Waals surface area contributed by atoms with E-state index in [2.05, 4.69) is 20.3 Å². The van der Waals surface area contributed by atoms with Crippen molar-refractivity contribution in [2.24, 2.45) is 0 Å². The van der Waals surface area contributed by atoms with Gasteiger partial charge in [-0.25, -0.2) is 23.5 Å². The minimum Gasteiger partial charge on any atom is -0.336 e. The number of halogens is 2. The van der Waals surface area contributed by atoms with Gasteiger partial charge in [0, 0.05) is 6.07 Å². The van der Waals surface area contributed by atoms with Gasteiger partial charge >= 0.3 is 5.69 Å². The Morgan fingerprint density at radius 3 is 2.65 bits per heavy atom. The summed E-state index contributed by atoms with van der Waals surface area (Å²) in [7, 11) is 0. The maximum atomic E-state index is 13.9. The molecule has 0 aliphatic heterocycles. The van der Waals surface area contributed by atoms with E-state index in [9.17, 15) is 13.6 Å². The Balaban J connectivity index is 1.76. The van der Waals surface area contributed by atoms with E-state index in [-0.39, 0.29) is 17.2 Å². The summed E-state index contributed by atoms with van der Waals surface area (Å²) in [5, 5.41) is 2.77. The van der Waals surface area contributed by atoms with Crippen LogP contribution in [0.1, 0.15) is 5.56 Å². The molecule has 2 aromatic heterocycles. The van der Waals surface area contributed by atoms with Crippen molar-refractivity contribution in [3.63, 3.8) is 0 Å². The average molecular weight is 353 g/mol. The van der Waals surface area contributed by atoms with E-state index >= 15 is 0 Å². The van der Waals surface area contributed by atoms with Crippen LogP contribution in [0.3, 0.4) is 0 Å². The number of hydrogen-bond acceptors (Lipinski definition) is 4. The summed E-state index contributed by atoms with van der Waals surface area (Å²) in [5.41, 5.74) is 1.36. The van der Waals surface area contributed by atoms with Gasteiger partial charge in [0.2, 0.25) is 0 Å². The van der Waals surface area contributed by atoms with Crippen molar-refractivity contribution in [2.45, 2.75) is 6.54 Å². The van der Waals surface area contributed by atoms with Crippen LogP contribution < -0.4 is 11.0 Å². The minimum atomic E-state index is -0.761. The molecule has 0 amide bonds. The average Bonchev–Trinajstić information content (AvgIpc) is 2.95. The molecular weight excluding hydrogens is 340 g/mol. The summed E-state index contributed by atoms with van der Waals surface area (Å²) in [6, 6.07) is 12.6. The van der Waals surface area contributed by atoms with Crippen LogP contribution in [0.25, 0.3) is 11.2 Å². The second-order valence-corrected chi connectivity index (χ2v) is 5.67. The lowest BCUT2D eigenvalue weighted by molar-refractivity contribution is 0.586. The largest absolute Gasteiger partial charge is 0.336 e. The molecule has 8 heteroatoms. The fraction of sp³-hybridized carbons (Fsp3) is 0.0556. The van der Waals surface area contributed by atoms with Crippen LogP contribution in [-0.2, 0) is 6.54 Å². The molecule has 2 N–H and O–H groups in total. The molecule has 0 aliphatic rings. The number of anilines is 2. The van der Waals surface area contributed by atoms with Crippen LogP contribution >= 0.6 is 0 Å². The molecule has 0 radical (unpaired) electrons. The number of nitrogens with zero attached hydrogens (tertiary/aromatic N) is 3. The fourth-order valence-corrected chi connectivity index (χ4v) is 2.69. The molecule has 0 spiro atoms. The van der Waals surface area contributed by atoms with Crippen molar-refractivity contribution in [1.29, 1.82) is 0 Å². The van der Waals surface area contributed by atoms with Crippen LogP contribution in [-0.4, -0.2) is 19.5 Å². The standard InChI is InChI=1S/C18H13F2N5O/c19-12-6-7-14(13(20)8-12)23-16-15-17(22-10-21-16)25(18(26)24-15)9-11-4-2-1-3-5-11/h1-8,10H,9H2,(H,24,26)(H,21,22,23). The van der Waals surface area contributed by atoms with Crippen molar-refractivity contribution in [1.82, 2.24) is 19.5 Å². The lowest BCUT2D eigenvalue weighted by Crippen LogP contribution is -2.17. The van der Waals surface area contributed by atoms with Gasteiger partial charge in [0.05, 0.1) is 12.2 Å². The highest BCUT2D eigenvalue weighted by Gasteiger charge is 2.14. The summed E-state index contributed by atoms with van der Waals surface area (Å²) in [5.74, 6) is -1.21. The van der Waals surface area contributed by atoms with Crippen molar-refractivity contribution in [2.75, 3.05) is 5.32 Å². The summed E-state index contributed by atoms with van der Waals surface area (Å²) < 4.78 is 28.4. The summed E-state index contributed by atoms with van der Waals surface area (Å²) in [6.45, 7) is 0.334. The van der Waals surface area contributed by atoms with Gasteiger partial charge < -0.3 is 10.3 Å². The Bertz CT molecular complexity index is 1140. The van der Waals surface area contributed by atoms with Gasteiger partial charge in [-0.1, -0.05) is 30.3 Å². The minimum absolute atomic E-state index is 0.0445. The second kappa shape index (κ2) is 6.40. The molecule has 26 heavy (non-hydrogen) atoms. The number of H-pyrrole nitrogens is 1. The molecule has 4 rings (SSSR count). The number of aromatic nitrogens is 4. The first-order chi connectivity index (χ1) is 12.6. The van der Waals surface area contributed by atoms with Crippen LogP contribution in [0.5, 0.6) is 0 Å². The van der Waals surface area contributed by atoms with Gasteiger partial charge in [-0.2, -0.15) is 0 Å². The topological polar surface area (TPSA) is 75.6 Å². The monoisotopic (exact) mass is 353 g/mol. The molecule has 2 aromatic carbocycles. The number of fused-ring (bicyclic) bond motifs is 1. The van der Waals surface area contributed by atoms with Gasteiger partial charge in [-0.15, -0.1) is 0 Å². The molecule has 0 saturated carbocycles. The van der Waals surface area contributed by atoms with E-state index in [0.29, 0.717) is 17.7 Å². The van der Waals surface area contributed by atoms with E-state index in [1.54, 1.807) is 0 Å². The van der Waals surface area contributed by atoms with Crippen molar-refractivity contribution in [3.8, 4) is 0 Å². The smallest absolute Gasteiger partial charge is 0.328 e. The van der Waals surface area contributed by atoms with Crippen LogP contribution in [0.4, 0.5) is 20.3 Å². The maximum Gasteiger partial charge on any atom is 0.328 e. The number of hydrogen-bond donors (Lipinski definition) is 2. The Kier molecular flexibility index (Phi) is 3.92. The molecule has 0 saturated heterocycles. The quantitative estimate of drug-likeness (QED) is 0.591. The zero-order chi connectivity index (χ0) is 18.1. The van der Waals surface area contributed by atoms with Gasteiger partial charge in [-0.05, 0) is 17.7 Å². The summed E-state index contributed by atoms with van der Waals surface area (Å²) >= 11 is 0. The maximum absolute atomic E-state index is 13.9. The first kappa shape index (κ1) is 15.9. The highest BCUT2D eigenvalue weighted by atomic mass is 19.1. The van der Waals surface area contributed by atoms with Crippen molar-refractivity contribution in [3.05, 3.63) is 82.5 Å². The zero-order valence-corrected chi connectivity index (χ0v) is 13.4. The van der Waals surface area contributed by atoms with Crippen LogP contribution in [0.15, 0.2) is 59.7 Å². The highest BCUT2D eigenvalue weighted by molar-refractivity contribution is 5.85. The molecule has 0 aliphatic carbocycles. The van der Waals surface area contributed by atoms with E-state index < -0.39 is 11.6 Å². The molecule has 2 heterocycles. The molecule has 0 unspecified atom stereocenters. The molecule has 130 valence electrons. The molecular formula is C18H13F2N5O. The SMILES string of the molecule is O=c1[nH]c2c(Nc3ccc(F)cc3F)ncnc2n1Cc1ccccc1. The lowest BCUT2D eigenvalue weighted by atomic mass is 10.2. The van der Waals surface area contributed by atoms with Crippen LogP contribution in [0, 0.1) is 11.6 Å². The molecule has 0 atom stereocenters. The molecule has 0 bridgehead atoms. The van der Waals surface area contributed by atoms with Crippen molar-refractivity contribution < 1.29 is 8.78 Å². The van der Waals surface area contributed by atoms with Gasteiger partial charge in [0.1, 0.15) is 23.5 Å². The van der Waals surface area contributed by atoms with Crippen molar-refractivity contribution >= 4 is 22.7 Å². The highest BCUT2D eigenvalue weighted by Crippen LogP contribution is 2.23. The van der Waals surface area contributed by atoms with E-state index in [1.807, 2.05) is 30.3 Å². The number of nitrogens with one attached hydrogen (secondary N) is 2. The molecule has 6 nitrogen and oxygen atoms in total. The second-order valence-electron chi connectivity index (χ2n) is 5.67. The predicted octanol–water partition coefficient (Wildman–Crippen LogP) is 3.19. The first-order valence-electron chi connectivity index (χ1n) is 7.81. The van der Waals surface area contributed by atoms with Gasteiger partial charge in [0.15, 0.2) is 11.5 Å². The number of aromatic amines is 1. The van der Waals surface area contributed by atoms with E-state index in [4.69, 9.17) is 0 Å². The molecule has 4 aromatic rings. The Labute approximate surface area is 146 Å².